The molecule has 0 amide bonds. The summed E-state index contributed by atoms with van der Waals surface area (Å²) in [6.45, 7) is 2.28. The molecule has 0 spiro atoms. The fourth-order valence-electron chi connectivity index (χ4n) is 3.05. The second kappa shape index (κ2) is 5.00. The van der Waals surface area contributed by atoms with Crippen LogP contribution in [0.15, 0.2) is 64.5 Å². The number of fused-ring (bicyclic) bond motifs is 3. The number of hydrogen-bond donors (Lipinski definition) is 0. The first-order chi connectivity index (χ1) is 10.3. The van der Waals surface area contributed by atoms with Crippen molar-refractivity contribution in [3.63, 3.8) is 0 Å². The molecule has 1 unspecified atom stereocenters. The lowest BCUT2D eigenvalue weighted by Gasteiger charge is -2.15. The Morgan fingerprint density at radius 2 is 1.76 bits per heavy atom. The highest BCUT2D eigenvalue weighted by Crippen LogP contribution is 2.36. The first-order valence-electron chi connectivity index (χ1n) is 6.97. The third-order valence-corrected chi connectivity index (χ3v) is 5.55. The molecule has 0 bridgehead atoms. The molecule has 0 aliphatic rings. The summed E-state index contributed by atoms with van der Waals surface area (Å²) in [5.74, 6) is 0. The molecular weight excluding hydrogens is 342 g/mol. The van der Waals surface area contributed by atoms with Gasteiger partial charge in [0.05, 0.1) is 6.04 Å². The van der Waals surface area contributed by atoms with E-state index in [0.29, 0.717) is 6.04 Å². The predicted molar refractivity (Wildman–Crippen MR) is 95.3 cm³/mol. The summed E-state index contributed by atoms with van der Waals surface area (Å²) in [6.07, 6.45) is 0. The van der Waals surface area contributed by atoms with Crippen LogP contribution in [0.4, 0.5) is 0 Å². The molecule has 4 aromatic rings. The number of rotatable bonds is 2. The molecule has 0 N–H and O–H groups in total. The van der Waals surface area contributed by atoms with Crippen LogP contribution in [0.2, 0.25) is 0 Å². The minimum atomic E-state index is 0.341. The van der Waals surface area contributed by atoms with Crippen molar-refractivity contribution < 1.29 is 0 Å². The molecule has 3 heteroatoms. The smallest absolute Gasteiger partial charge is 0.0656 e. The summed E-state index contributed by atoms with van der Waals surface area (Å²) in [6, 6.07) is 19.9. The van der Waals surface area contributed by atoms with Gasteiger partial charge in [0.1, 0.15) is 0 Å². The summed E-state index contributed by atoms with van der Waals surface area (Å²) < 4.78 is 3.57. The van der Waals surface area contributed by atoms with Gasteiger partial charge in [-0.25, -0.2) is 0 Å². The van der Waals surface area contributed by atoms with Crippen molar-refractivity contribution in [2.45, 2.75) is 13.0 Å². The maximum absolute atomic E-state index is 3.60. The maximum Gasteiger partial charge on any atom is 0.0656 e. The Morgan fingerprint density at radius 3 is 2.57 bits per heavy atom. The molecule has 2 aromatic heterocycles. The zero-order valence-electron chi connectivity index (χ0n) is 11.6. The van der Waals surface area contributed by atoms with Gasteiger partial charge in [0.15, 0.2) is 0 Å². The van der Waals surface area contributed by atoms with Gasteiger partial charge in [-0.05, 0) is 42.6 Å². The molecule has 0 aliphatic carbocycles. The van der Waals surface area contributed by atoms with E-state index in [0.717, 1.165) is 4.47 Å². The first-order valence-corrected chi connectivity index (χ1v) is 8.64. The average molecular weight is 356 g/mol. The second-order valence-corrected chi connectivity index (χ2v) is 7.13. The van der Waals surface area contributed by atoms with Gasteiger partial charge in [-0.2, -0.15) is 0 Å². The Bertz CT molecular complexity index is 921. The third-order valence-electron chi connectivity index (χ3n) is 4.01. The van der Waals surface area contributed by atoms with E-state index in [1.165, 1.54) is 26.7 Å². The SMILES string of the molecule is CC(c1cccs1)n1c2ccccc2c2cc(Br)ccc21. The van der Waals surface area contributed by atoms with Gasteiger partial charge in [0.25, 0.3) is 0 Å². The molecule has 0 aliphatic heterocycles. The molecule has 2 aromatic carbocycles. The minimum absolute atomic E-state index is 0.341. The van der Waals surface area contributed by atoms with E-state index in [1.54, 1.807) is 0 Å². The Hall–Kier alpha value is -1.58. The highest BCUT2D eigenvalue weighted by atomic mass is 79.9. The van der Waals surface area contributed by atoms with Crippen molar-refractivity contribution in [3.8, 4) is 0 Å². The Balaban J connectivity index is 2.10. The molecule has 0 fully saturated rings. The zero-order chi connectivity index (χ0) is 14.4. The molecule has 0 radical (unpaired) electrons. The van der Waals surface area contributed by atoms with Crippen LogP contribution in [-0.4, -0.2) is 4.57 Å². The fraction of sp³-hybridized carbons (Fsp3) is 0.111. The number of para-hydroxylation sites is 1. The molecular formula is C18H14BrNS. The molecule has 4 rings (SSSR count). The van der Waals surface area contributed by atoms with Gasteiger partial charge < -0.3 is 4.57 Å². The lowest BCUT2D eigenvalue weighted by atomic mass is 10.2. The van der Waals surface area contributed by atoms with Crippen LogP contribution in [0.5, 0.6) is 0 Å². The van der Waals surface area contributed by atoms with E-state index in [2.05, 4.69) is 87.4 Å². The lowest BCUT2D eigenvalue weighted by molar-refractivity contribution is 0.698. The van der Waals surface area contributed by atoms with Gasteiger partial charge in [-0.15, -0.1) is 11.3 Å². The van der Waals surface area contributed by atoms with Crippen LogP contribution in [0.1, 0.15) is 17.8 Å². The summed E-state index contributed by atoms with van der Waals surface area (Å²) in [4.78, 5) is 1.39. The van der Waals surface area contributed by atoms with Crippen molar-refractivity contribution in [1.29, 1.82) is 0 Å². The molecule has 1 nitrogen and oxygen atoms in total. The van der Waals surface area contributed by atoms with E-state index < -0.39 is 0 Å². The molecule has 1 atom stereocenters. The summed E-state index contributed by atoms with van der Waals surface area (Å²) in [7, 11) is 0. The van der Waals surface area contributed by atoms with Crippen molar-refractivity contribution >= 4 is 49.1 Å². The van der Waals surface area contributed by atoms with Gasteiger partial charge in [-0.1, -0.05) is 40.2 Å². The normalized spacial score (nSPS) is 13.0. The topological polar surface area (TPSA) is 4.93 Å². The van der Waals surface area contributed by atoms with Crippen molar-refractivity contribution in [2.75, 3.05) is 0 Å². The number of benzene rings is 2. The molecule has 0 saturated carbocycles. The largest absolute Gasteiger partial charge is 0.332 e. The highest BCUT2D eigenvalue weighted by Gasteiger charge is 2.16. The zero-order valence-corrected chi connectivity index (χ0v) is 14.0. The minimum Gasteiger partial charge on any atom is -0.332 e. The Morgan fingerprint density at radius 1 is 0.952 bits per heavy atom. The molecule has 2 heterocycles. The van der Waals surface area contributed by atoms with Crippen LogP contribution < -0.4 is 0 Å². The van der Waals surface area contributed by atoms with Crippen molar-refractivity contribution in [2.24, 2.45) is 0 Å². The lowest BCUT2D eigenvalue weighted by Crippen LogP contribution is -2.04. The summed E-state index contributed by atoms with van der Waals surface area (Å²) in [5.41, 5.74) is 2.59. The van der Waals surface area contributed by atoms with Crippen LogP contribution in [0.3, 0.4) is 0 Å². The Kier molecular flexibility index (Phi) is 3.12. The number of thiophene rings is 1. The maximum atomic E-state index is 3.60. The van der Waals surface area contributed by atoms with E-state index in [4.69, 9.17) is 0 Å². The van der Waals surface area contributed by atoms with Gasteiger partial charge in [0.2, 0.25) is 0 Å². The van der Waals surface area contributed by atoms with Crippen molar-refractivity contribution in [1.82, 2.24) is 4.57 Å². The summed E-state index contributed by atoms with van der Waals surface area (Å²) in [5, 5.41) is 4.77. The Labute approximate surface area is 136 Å². The number of hydrogen-bond acceptors (Lipinski definition) is 1. The van der Waals surface area contributed by atoms with E-state index in [-0.39, 0.29) is 0 Å². The van der Waals surface area contributed by atoms with E-state index in [1.807, 2.05) is 11.3 Å². The van der Waals surface area contributed by atoms with Gasteiger partial charge in [0, 0.05) is 31.2 Å². The summed E-state index contributed by atoms with van der Waals surface area (Å²) >= 11 is 5.42. The number of aromatic nitrogens is 1. The first kappa shape index (κ1) is 13.1. The predicted octanol–water partition coefficient (Wildman–Crippen LogP) is 6.23. The number of nitrogens with zero attached hydrogens (tertiary/aromatic N) is 1. The second-order valence-electron chi connectivity index (χ2n) is 5.24. The van der Waals surface area contributed by atoms with Gasteiger partial charge >= 0.3 is 0 Å². The van der Waals surface area contributed by atoms with Crippen LogP contribution in [0, 0.1) is 0 Å². The standard InChI is InChI=1S/C18H14BrNS/c1-12(18-7-4-10-21-18)20-16-6-3-2-5-14(16)15-11-13(19)8-9-17(15)20/h2-12H,1H3. The van der Waals surface area contributed by atoms with Crippen LogP contribution in [0.25, 0.3) is 21.8 Å². The van der Waals surface area contributed by atoms with Crippen molar-refractivity contribution in [3.05, 3.63) is 69.3 Å². The highest BCUT2D eigenvalue weighted by molar-refractivity contribution is 9.10. The molecule has 21 heavy (non-hydrogen) atoms. The number of halogens is 1. The van der Waals surface area contributed by atoms with Crippen LogP contribution in [-0.2, 0) is 0 Å². The fourth-order valence-corrected chi connectivity index (χ4v) is 4.18. The third kappa shape index (κ3) is 2.03. The molecule has 0 saturated heterocycles. The quantitative estimate of drug-likeness (QED) is 0.401. The van der Waals surface area contributed by atoms with E-state index in [9.17, 15) is 0 Å². The monoisotopic (exact) mass is 355 g/mol. The average Bonchev–Trinajstić information content (AvgIpc) is 3.12. The van der Waals surface area contributed by atoms with Gasteiger partial charge in [-0.3, -0.25) is 0 Å². The van der Waals surface area contributed by atoms with Crippen LogP contribution >= 0.6 is 27.3 Å². The van der Waals surface area contributed by atoms with E-state index >= 15 is 0 Å². The molecule has 104 valence electrons.